The van der Waals surface area contributed by atoms with Crippen LogP contribution in [0.4, 0.5) is 13.2 Å². The second-order valence-electron chi connectivity index (χ2n) is 7.16. The number of piperazine rings is 1. The molecule has 2 saturated heterocycles. The van der Waals surface area contributed by atoms with E-state index in [1.54, 1.807) is 0 Å². The van der Waals surface area contributed by atoms with Crippen molar-refractivity contribution in [1.82, 2.24) is 20.0 Å². The lowest BCUT2D eigenvalue weighted by Crippen LogP contribution is -2.54. The first-order valence-electron chi connectivity index (χ1n) is 9.99. The summed E-state index contributed by atoms with van der Waals surface area (Å²) < 4.78 is 36.6. The maximum Gasteiger partial charge on any atom is 0.389 e. The van der Waals surface area contributed by atoms with Gasteiger partial charge >= 0.3 is 6.18 Å². The summed E-state index contributed by atoms with van der Waals surface area (Å²) in [4.78, 5) is 23.0. The largest absolute Gasteiger partial charge is 0.389 e. The fourth-order valence-electron chi connectivity index (χ4n) is 3.42. The molecule has 2 fully saturated rings. The molecular formula is C18H32F3N5O. The Morgan fingerprint density at radius 2 is 1.67 bits per heavy atom. The molecule has 0 radical (unpaired) electrons. The SMILES string of the molecule is CCNC(=NCCCCC(F)(F)F)N1CCN(CC(=O)N2CCCC2)CC1. The van der Waals surface area contributed by atoms with E-state index in [9.17, 15) is 18.0 Å². The highest BCUT2D eigenvalue weighted by molar-refractivity contribution is 5.80. The summed E-state index contributed by atoms with van der Waals surface area (Å²) in [7, 11) is 0. The molecule has 156 valence electrons. The minimum absolute atomic E-state index is 0.110. The molecule has 2 aliphatic heterocycles. The van der Waals surface area contributed by atoms with Crippen molar-refractivity contribution in [3.05, 3.63) is 0 Å². The first-order valence-corrected chi connectivity index (χ1v) is 9.99. The van der Waals surface area contributed by atoms with E-state index in [0.29, 0.717) is 19.5 Å². The second-order valence-corrected chi connectivity index (χ2v) is 7.16. The highest BCUT2D eigenvalue weighted by Gasteiger charge is 2.26. The number of alkyl halides is 3. The van der Waals surface area contributed by atoms with Gasteiger partial charge in [0.1, 0.15) is 0 Å². The summed E-state index contributed by atoms with van der Waals surface area (Å²) in [5.74, 6) is 0.973. The third-order valence-electron chi connectivity index (χ3n) is 4.95. The van der Waals surface area contributed by atoms with Crippen LogP contribution in [0.25, 0.3) is 0 Å². The zero-order valence-corrected chi connectivity index (χ0v) is 16.2. The summed E-state index contributed by atoms with van der Waals surface area (Å²) >= 11 is 0. The monoisotopic (exact) mass is 391 g/mol. The highest BCUT2D eigenvalue weighted by atomic mass is 19.4. The Bertz CT molecular complexity index is 484. The molecule has 1 N–H and O–H groups in total. The van der Waals surface area contributed by atoms with Gasteiger partial charge in [-0.3, -0.25) is 14.7 Å². The minimum Gasteiger partial charge on any atom is -0.357 e. The minimum atomic E-state index is -4.09. The Morgan fingerprint density at radius 1 is 1.00 bits per heavy atom. The molecule has 0 bridgehead atoms. The first kappa shape index (κ1) is 21.8. The summed E-state index contributed by atoms with van der Waals surface area (Å²) in [6.07, 6.45) is -2.09. The maximum atomic E-state index is 12.3. The summed E-state index contributed by atoms with van der Waals surface area (Å²) in [5, 5.41) is 3.22. The Labute approximate surface area is 159 Å². The lowest BCUT2D eigenvalue weighted by Gasteiger charge is -2.36. The van der Waals surface area contributed by atoms with Crippen molar-refractivity contribution < 1.29 is 18.0 Å². The lowest BCUT2D eigenvalue weighted by atomic mass is 10.2. The Kier molecular flexibility index (Phi) is 8.66. The van der Waals surface area contributed by atoms with E-state index in [2.05, 4.69) is 20.1 Å². The van der Waals surface area contributed by atoms with Crippen LogP contribution in [0.15, 0.2) is 4.99 Å². The number of carbonyl (C=O) groups excluding carboxylic acids is 1. The van der Waals surface area contributed by atoms with Crippen LogP contribution in [-0.4, -0.2) is 91.6 Å². The van der Waals surface area contributed by atoms with Crippen LogP contribution in [0.1, 0.15) is 39.0 Å². The molecule has 9 heteroatoms. The van der Waals surface area contributed by atoms with Gasteiger partial charge in [-0.2, -0.15) is 13.2 Å². The van der Waals surface area contributed by atoms with Crippen LogP contribution in [0.5, 0.6) is 0 Å². The third-order valence-corrected chi connectivity index (χ3v) is 4.95. The van der Waals surface area contributed by atoms with Crippen LogP contribution in [0.2, 0.25) is 0 Å². The van der Waals surface area contributed by atoms with Gasteiger partial charge in [-0.15, -0.1) is 0 Å². The van der Waals surface area contributed by atoms with Crippen molar-refractivity contribution in [3.63, 3.8) is 0 Å². The number of hydrogen-bond donors (Lipinski definition) is 1. The van der Waals surface area contributed by atoms with E-state index in [1.807, 2.05) is 11.8 Å². The number of carbonyl (C=O) groups is 1. The van der Waals surface area contributed by atoms with Gasteiger partial charge in [0, 0.05) is 58.8 Å². The smallest absolute Gasteiger partial charge is 0.357 e. The molecular weight excluding hydrogens is 359 g/mol. The van der Waals surface area contributed by atoms with Gasteiger partial charge in [0.25, 0.3) is 0 Å². The number of halogens is 3. The van der Waals surface area contributed by atoms with E-state index >= 15 is 0 Å². The molecule has 0 aromatic carbocycles. The van der Waals surface area contributed by atoms with Gasteiger partial charge in [0.15, 0.2) is 5.96 Å². The van der Waals surface area contributed by atoms with Gasteiger partial charge in [0.05, 0.1) is 6.54 Å². The maximum absolute atomic E-state index is 12.3. The number of likely N-dealkylation sites (tertiary alicyclic amines) is 1. The van der Waals surface area contributed by atoms with E-state index in [-0.39, 0.29) is 12.3 Å². The van der Waals surface area contributed by atoms with Crippen LogP contribution in [0.3, 0.4) is 0 Å². The molecule has 6 nitrogen and oxygen atoms in total. The lowest BCUT2D eigenvalue weighted by molar-refractivity contribution is -0.135. The van der Waals surface area contributed by atoms with Crippen molar-refractivity contribution in [2.24, 2.45) is 4.99 Å². The molecule has 0 atom stereocenters. The number of hydrogen-bond acceptors (Lipinski definition) is 3. The number of nitrogens with one attached hydrogen (secondary N) is 1. The van der Waals surface area contributed by atoms with Crippen molar-refractivity contribution in [2.45, 2.75) is 45.2 Å². The van der Waals surface area contributed by atoms with Crippen LogP contribution in [0, 0.1) is 0 Å². The highest BCUT2D eigenvalue weighted by Crippen LogP contribution is 2.22. The van der Waals surface area contributed by atoms with Gasteiger partial charge in [-0.25, -0.2) is 0 Å². The average Bonchev–Trinajstić information content (AvgIpc) is 3.15. The summed E-state index contributed by atoms with van der Waals surface area (Å²) in [6.45, 7) is 8.43. The molecule has 2 rings (SSSR count). The van der Waals surface area contributed by atoms with E-state index in [0.717, 1.165) is 64.6 Å². The van der Waals surface area contributed by atoms with E-state index in [1.165, 1.54) is 0 Å². The predicted octanol–water partition coefficient (Wildman–Crippen LogP) is 1.92. The molecule has 0 unspecified atom stereocenters. The van der Waals surface area contributed by atoms with Gasteiger partial charge in [-0.1, -0.05) is 0 Å². The molecule has 0 saturated carbocycles. The van der Waals surface area contributed by atoms with Crippen molar-refractivity contribution in [2.75, 3.05) is 58.9 Å². The molecule has 0 spiro atoms. The van der Waals surface area contributed by atoms with Crippen molar-refractivity contribution >= 4 is 11.9 Å². The van der Waals surface area contributed by atoms with E-state index in [4.69, 9.17) is 0 Å². The first-order chi connectivity index (χ1) is 12.9. The van der Waals surface area contributed by atoms with Gasteiger partial charge in [0.2, 0.25) is 5.91 Å². The summed E-state index contributed by atoms with van der Waals surface area (Å²) in [6, 6.07) is 0. The fraction of sp³-hybridized carbons (Fsp3) is 0.889. The van der Waals surface area contributed by atoms with Gasteiger partial charge in [-0.05, 0) is 32.6 Å². The Hall–Kier alpha value is -1.51. The van der Waals surface area contributed by atoms with E-state index < -0.39 is 12.6 Å². The number of guanidine groups is 1. The third kappa shape index (κ3) is 7.94. The van der Waals surface area contributed by atoms with Crippen molar-refractivity contribution in [1.29, 1.82) is 0 Å². The van der Waals surface area contributed by atoms with Gasteiger partial charge < -0.3 is 15.1 Å². The molecule has 27 heavy (non-hydrogen) atoms. The molecule has 0 aliphatic carbocycles. The topological polar surface area (TPSA) is 51.2 Å². The second kappa shape index (κ2) is 10.7. The van der Waals surface area contributed by atoms with Crippen LogP contribution in [-0.2, 0) is 4.79 Å². The Morgan fingerprint density at radius 3 is 2.26 bits per heavy atom. The average molecular weight is 391 g/mol. The number of rotatable bonds is 7. The molecule has 2 heterocycles. The Balaban J connectivity index is 1.73. The standard InChI is InChI=1S/C18H32F3N5O/c1-2-22-17(23-8-4-3-7-18(19,20)21)26-13-11-24(12-14-26)15-16(27)25-9-5-6-10-25/h2-15H2,1H3,(H,22,23). The quantitative estimate of drug-likeness (QED) is 0.409. The number of unbranched alkanes of at least 4 members (excludes halogenated alkanes) is 1. The molecule has 2 aliphatic rings. The number of nitrogens with zero attached hydrogens (tertiary/aromatic N) is 4. The van der Waals surface area contributed by atoms with Crippen LogP contribution >= 0.6 is 0 Å². The molecule has 0 aromatic heterocycles. The fourth-order valence-corrected chi connectivity index (χ4v) is 3.42. The number of aliphatic imine (C=N–C) groups is 1. The number of amides is 1. The zero-order valence-electron chi connectivity index (χ0n) is 16.2. The molecule has 1 amide bonds. The van der Waals surface area contributed by atoms with Crippen LogP contribution < -0.4 is 5.32 Å². The molecule has 0 aromatic rings. The predicted molar refractivity (Wildman–Crippen MR) is 99.7 cm³/mol. The normalized spacial score (nSPS) is 19.6. The summed E-state index contributed by atoms with van der Waals surface area (Å²) in [5.41, 5.74) is 0. The zero-order chi connectivity index (χ0) is 19.7. The van der Waals surface area contributed by atoms with Crippen molar-refractivity contribution in [3.8, 4) is 0 Å².